The molecular formula is C23H38O3. The van der Waals surface area contributed by atoms with Crippen molar-refractivity contribution < 1.29 is 14.6 Å². The summed E-state index contributed by atoms with van der Waals surface area (Å²) in [5, 5.41) is 8.71. The van der Waals surface area contributed by atoms with E-state index in [0.29, 0.717) is 25.9 Å². The molecular weight excluding hydrogens is 324 g/mol. The van der Waals surface area contributed by atoms with Crippen LogP contribution in [0.3, 0.4) is 0 Å². The van der Waals surface area contributed by atoms with Gasteiger partial charge in [-0.3, -0.25) is 4.79 Å². The molecule has 0 radical (unpaired) electrons. The molecule has 0 amide bonds. The third-order valence-electron chi connectivity index (χ3n) is 4.72. The maximum Gasteiger partial charge on any atom is 0.133 e. The molecule has 0 spiro atoms. The molecule has 0 aliphatic carbocycles. The number of hydrogen-bond donors (Lipinski definition) is 1. The lowest BCUT2D eigenvalue weighted by molar-refractivity contribution is -0.119. The van der Waals surface area contributed by atoms with Gasteiger partial charge in [0.2, 0.25) is 0 Å². The molecule has 0 fully saturated rings. The smallest absolute Gasteiger partial charge is 0.133 e. The summed E-state index contributed by atoms with van der Waals surface area (Å²) in [5.41, 5.74) is 1.38. The summed E-state index contributed by atoms with van der Waals surface area (Å²) in [5.74, 6) is 1.16. The van der Waals surface area contributed by atoms with Gasteiger partial charge in [0.15, 0.2) is 0 Å². The van der Waals surface area contributed by atoms with Gasteiger partial charge in [-0.25, -0.2) is 0 Å². The largest absolute Gasteiger partial charge is 0.494 e. The zero-order valence-corrected chi connectivity index (χ0v) is 16.7. The summed E-state index contributed by atoms with van der Waals surface area (Å²) in [6, 6.07) is 8.40. The predicted molar refractivity (Wildman–Crippen MR) is 109 cm³/mol. The number of rotatable bonds is 17. The quantitative estimate of drug-likeness (QED) is 0.352. The molecule has 3 heteroatoms. The number of carbonyl (C=O) groups is 1. The first kappa shape index (κ1) is 22.7. The predicted octanol–water partition coefficient (Wildman–Crippen LogP) is 5.87. The highest BCUT2D eigenvalue weighted by Crippen LogP contribution is 2.16. The van der Waals surface area contributed by atoms with Crippen molar-refractivity contribution in [3.63, 3.8) is 0 Å². The van der Waals surface area contributed by atoms with E-state index in [1.54, 1.807) is 0 Å². The van der Waals surface area contributed by atoms with E-state index in [2.05, 4.69) is 19.1 Å². The van der Waals surface area contributed by atoms with Crippen LogP contribution in [0.25, 0.3) is 0 Å². The molecule has 1 aromatic carbocycles. The Labute approximate surface area is 160 Å². The van der Waals surface area contributed by atoms with Gasteiger partial charge in [0.05, 0.1) is 6.61 Å². The first-order valence-corrected chi connectivity index (χ1v) is 10.6. The molecule has 0 aliphatic rings. The molecule has 0 atom stereocenters. The lowest BCUT2D eigenvalue weighted by Gasteiger charge is -2.07. The highest BCUT2D eigenvalue weighted by atomic mass is 16.5. The Morgan fingerprint density at radius 1 is 0.846 bits per heavy atom. The number of Topliss-reactive ketones (excluding diaryl/α,β-unsaturated/α-hetero) is 1. The van der Waals surface area contributed by atoms with Gasteiger partial charge in [-0.2, -0.15) is 0 Å². The second-order valence-corrected chi connectivity index (χ2v) is 7.19. The van der Waals surface area contributed by atoms with Crippen LogP contribution in [0.2, 0.25) is 0 Å². The minimum Gasteiger partial charge on any atom is -0.494 e. The molecule has 1 aromatic rings. The van der Waals surface area contributed by atoms with Crippen molar-refractivity contribution in [2.75, 3.05) is 13.2 Å². The zero-order valence-electron chi connectivity index (χ0n) is 16.7. The number of aryl methyl sites for hydroxylation is 1. The number of unbranched alkanes of at least 4 members (excludes halogenated alkanes) is 7. The summed E-state index contributed by atoms with van der Waals surface area (Å²) >= 11 is 0. The van der Waals surface area contributed by atoms with Crippen LogP contribution >= 0.6 is 0 Å². The van der Waals surface area contributed by atoms with Crippen molar-refractivity contribution in [1.82, 2.24) is 0 Å². The van der Waals surface area contributed by atoms with E-state index < -0.39 is 0 Å². The fraction of sp³-hybridized carbons (Fsp3) is 0.696. The molecule has 148 valence electrons. The lowest BCUT2D eigenvalue weighted by Crippen LogP contribution is -2.03. The van der Waals surface area contributed by atoms with E-state index in [1.807, 2.05) is 12.1 Å². The first-order valence-electron chi connectivity index (χ1n) is 10.6. The van der Waals surface area contributed by atoms with Crippen LogP contribution in [0.1, 0.15) is 89.5 Å². The highest BCUT2D eigenvalue weighted by molar-refractivity contribution is 5.78. The second-order valence-electron chi connectivity index (χ2n) is 7.19. The fourth-order valence-electron chi connectivity index (χ4n) is 3.06. The number of ketones is 1. The van der Waals surface area contributed by atoms with E-state index >= 15 is 0 Å². The molecule has 0 unspecified atom stereocenters. The van der Waals surface area contributed by atoms with E-state index in [0.717, 1.165) is 25.0 Å². The van der Waals surface area contributed by atoms with Crippen LogP contribution in [0, 0.1) is 0 Å². The Morgan fingerprint density at radius 3 is 2.19 bits per heavy atom. The first-order chi connectivity index (χ1) is 12.8. The average molecular weight is 363 g/mol. The van der Waals surface area contributed by atoms with Gasteiger partial charge in [0.1, 0.15) is 11.5 Å². The molecule has 26 heavy (non-hydrogen) atoms. The monoisotopic (exact) mass is 362 g/mol. The molecule has 1 rings (SSSR count). The van der Waals surface area contributed by atoms with Gasteiger partial charge in [-0.1, -0.05) is 57.6 Å². The molecule has 3 nitrogen and oxygen atoms in total. The number of carbonyl (C=O) groups excluding carboxylic acids is 1. The van der Waals surface area contributed by atoms with Gasteiger partial charge in [0, 0.05) is 19.4 Å². The molecule has 0 bridgehead atoms. The van der Waals surface area contributed by atoms with Crippen LogP contribution in [-0.4, -0.2) is 24.1 Å². The Balaban J connectivity index is 2.06. The SMILES string of the molecule is CCCCCCCCCc1ccc(OCCCC(=O)CCCCO)cc1. The van der Waals surface area contributed by atoms with Crippen LogP contribution in [0.5, 0.6) is 5.75 Å². The number of aliphatic hydroxyl groups excluding tert-OH is 1. The van der Waals surface area contributed by atoms with Gasteiger partial charge in [-0.05, 0) is 49.8 Å². The number of hydrogen-bond acceptors (Lipinski definition) is 3. The summed E-state index contributed by atoms with van der Waals surface area (Å²) in [6.45, 7) is 3.02. The molecule has 1 N–H and O–H groups in total. The third kappa shape index (κ3) is 12.1. The Kier molecular flexibility index (Phi) is 13.8. The average Bonchev–Trinajstić information content (AvgIpc) is 2.66. The summed E-state index contributed by atoms with van der Waals surface area (Å²) in [6.07, 6.45) is 14.0. The Bertz CT molecular complexity index is 453. The fourth-order valence-corrected chi connectivity index (χ4v) is 3.06. The minimum atomic E-state index is 0.172. The van der Waals surface area contributed by atoms with E-state index in [-0.39, 0.29) is 12.4 Å². The summed E-state index contributed by atoms with van der Waals surface area (Å²) < 4.78 is 5.73. The molecule has 0 saturated heterocycles. The van der Waals surface area contributed by atoms with Crippen molar-refractivity contribution in [3.8, 4) is 5.75 Å². The van der Waals surface area contributed by atoms with Gasteiger partial charge in [-0.15, -0.1) is 0 Å². The van der Waals surface area contributed by atoms with E-state index in [9.17, 15) is 4.79 Å². The normalized spacial score (nSPS) is 10.8. The van der Waals surface area contributed by atoms with Crippen molar-refractivity contribution in [1.29, 1.82) is 0 Å². The maximum atomic E-state index is 11.6. The number of aliphatic hydroxyl groups is 1. The Hall–Kier alpha value is -1.35. The molecule has 0 heterocycles. The topological polar surface area (TPSA) is 46.5 Å². The summed E-state index contributed by atoms with van der Waals surface area (Å²) in [7, 11) is 0. The molecule has 0 saturated carbocycles. The van der Waals surface area contributed by atoms with Gasteiger partial charge >= 0.3 is 0 Å². The number of ether oxygens (including phenoxy) is 1. The van der Waals surface area contributed by atoms with E-state index in [4.69, 9.17) is 9.84 Å². The molecule has 0 aromatic heterocycles. The van der Waals surface area contributed by atoms with Gasteiger partial charge < -0.3 is 9.84 Å². The lowest BCUT2D eigenvalue weighted by atomic mass is 10.0. The maximum absolute atomic E-state index is 11.6. The zero-order chi connectivity index (χ0) is 18.9. The number of benzene rings is 1. The van der Waals surface area contributed by atoms with Gasteiger partial charge in [0.25, 0.3) is 0 Å². The second kappa shape index (κ2) is 15.9. The minimum absolute atomic E-state index is 0.172. The van der Waals surface area contributed by atoms with Crippen LogP contribution in [-0.2, 0) is 11.2 Å². The van der Waals surface area contributed by atoms with Crippen LogP contribution < -0.4 is 4.74 Å². The van der Waals surface area contributed by atoms with Crippen LogP contribution in [0.4, 0.5) is 0 Å². The van der Waals surface area contributed by atoms with Crippen LogP contribution in [0.15, 0.2) is 24.3 Å². The van der Waals surface area contributed by atoms with Crippen molar-refractivity contribution in [2.45, 2.75) is 90.4 Å². The summed E-state index contributed by atoms with van der Waals surface area (Å²) in [4.78, 5) is 11.6. The van der Waals surface area contributed by atoms with E-state index in [1.165, 1.54) is 50.5 Å². The third-order valence-corrected chi connectivity index (χ3v) is 4.72. The molecule has 0 aliphatic heterocycles. The van der Waals surface area contributed by atoms with Crippen molar-refractivity contribution in [3.05, 3.63) is 29.8 Å². The standard InChI is InChI=1S/C23H38O3/c1-2-3-4-5-6-7-8-12-21-15-17-23(18-16-21)26-20-11-14-22(25)13-9-10-19-24/h15-18,24H,2-14,19-20H2,1H3. The van der Waals surface area contributed by atoms with Crippen molar-refractivity contribution >= 4 is 5.78 Å². The highest BCUT2D eigenvalue weighted by Gasteiger charge is 2.02. The Morgan fingerprint density at radius 2 is 1.50 bits per heavy atom. The van der Waals surface area contributed by atoms with Crippen molar-refractivity contribution in [2.24, 2.45) is 0 Å².